The highest BCUT2D eigenvalue weighted by molar-refractivity contribution is 6.11. The largest absolute Gasteiger partial charge is 0.361 e. The lowest BCUT2D eigenvalue weighted by molar-refractivity contribution is -0.0978. The summed E-state index contributed by atoms with van der Waals surface area (Å²) in [6.45, 7) is 0. The molecule has 6 heteroatoms. The topological polar surface area (TPSA) is 22.8 Å². The highest BCUT2D eigenvalue weighted by Gasteiger charge is 2.62. The van der Waals surface area contributed by atoms with Crippen LogP contribution in [0.3, 0.4) is 0 Å². The van der Waals surface area contributed by atoms with Gasteiger partial charge in [-0.1, -0.05) is 166 Å². The van der Waals surface area contributed by atoms with Crippen LogP contribution in [0.5, 0.6) is 0 Å². The Labute approximate surface area is 533 Å². The Kier molecular flexibility index (Phi) is 13.4. The maximum Gasteiger partial charge on any atom is 0.0541 e. The molecule has 19 rings (SSSR count). The number of aromatic nitrogens is 2. The molecule has 4 heterocycles. The fourth-order valence-electron chi connectivity index (χ4n) is 23.4. The maximum absolute atomic E-state index is 3.13. The van der Waals surface area contributed by atoms with Gasteiger partial charge in [0.05, 0.1) is 35.2 Å². The lowest BCUT2D eigenvalue weighted by Gasteiger charge is -2.67. The molecule has 8 aromatic carbocycles. The van der Waals surface area contributed by atoms with Crippen LogP contribution >= 0.6 is 0 Å². The van der Waals surface area contributed by atoms with Gasteiger partial charge in [-0.25, -0.2) is 0 Å². The van der Waals surface area contributed by atoms with Crippen LogP contribution in [-0.2, 0) is 0 Å². The number of nitrogens with zero attached hydrogens (tertiary/aromatic N) is 6. The van der Waals surface area contributed by atoms with Crippen LogP contribution in [0.1, 0.15) is 128 Å². The van der Waals surface area contributed by atoms with Crippen molar-refractivity contribution in [2.45, 2.75) is 176 Å². The average Bonchev–Trinajstić information content (AvgIpc) is 0.945. The normalized spacial score (nSPS) is 33.2. The van der Waals surface area contributed by atoms with Gasteiger partial charge in [-0.2, -0.15) is 0 Å². The predicted octanol–water partition coefficient (Wildman–Crippen LogP) is 19.9. The summed E-state index contributed by atoms with van der Waals surface area (Å²) in [5.41, 5.74) is 12.6. The van der Waals surface area contributed by atoms with Crippen LogP contribution in [0, 0.1) is 47.3 Å². The molecule has 0 bridgehead atoms. The van der Waals surface area contributed by atoms with Gasteiger partial charge in [-0.3, -0.25) is 0 Å². The Morgan fingerprint density at radius 2 is 0.544 bits per heavy atom. The summed E-state index contributed by atoms with van der Waals surface area (Å²) >= 11 is 0. The van der Waals surface area contributed by atoms with Crippen molar-refractivity contribution in [3.63, 3.8) is 0 Å². The zero-order valence-corrected chi connectivity index (χ0v) is 52.6. The third-order valence-corrected chi connectivity index (χ3v) is 26.4. The van der Waals surface area contributed by atoms with Crippen molar-refractivity contribution in [1.29, 1.82) is 0 Å². The van der Waals surface area contributed by atoms with Crippen molar-refractivity contribution in [3.05, 3.63) is 212 Å². The molecular weight excluding hydrogens is 1090 g/mol. The molecular formula is C84H90N6. The highest BCUT2D eigenvalue weighted by atomic mass is 15.4. The number of benzene rings is 8. The van der Waals surface area contributed by atoms with Gasteiger partial charge in [0.15, 0.2) is 0 Å². The van der Waals surface area contributed by atoms with Crippen LogP contribution in [0.2, 0.25) is 0 Å². The van der Waals surface area contributed by atoms with E-state index in [1.807, 2.05) is 0 Å². The number of anilines is 4. The Bertz CT molecular complexity index is 4110. The van der Waals surface area contributed by atoms with Crippen LogP contribution in [0.15, 0.2) is 212 Å². The number of fused-ring (bicyclic) bond motifs is 18. The SMILES string of the molecule is c1ccc(N2C3CCCCC3N(c3ccccc3)C3CC4C5CCC(n6c7ccccc7c7cc(-n8c9ccccc9c9ccccc98)ccc76)CC5C5CC6C(CC5C5CCCCC5C4CC32)N(c2ccccc2)C2CCCCC2N6c2ccccc2)cc1. The molecule has 9 aliphatic rings. The van der Waals surface area contributed by atoms with Crippen LogP contribution in [0.4, 0.5) is 22.7 Å². The molecule has 2 aliphatic heterocycles. The second-order valence-electron chi connectivity index (χ2n) is 30.0. The first-order valence-electron chi connectivity index (χ1n) is 36.0. The smallest absolute Gasteiger partial charge is 0.0541 e. The van der Waals surface area contributed by atoms with E-state index in [1.165, 1.54) is 194 Å². The molecule has 2 saturated heterocycles. The van der Waals surface area contributed by atoms with Gasteiger partial charge in [-0.15, -0.1) is 0 Å². The van der Waals surface area contributed by atoms with Gasteiger partial charge >= 0.3 is 0 Å². The van der Waals surface area contributed by atoms with E-state index in [4.69, 9.17) is 0 Å². The molecule has 0 amide bonds. The van der Waals surface area contributed by atoms with E-state index in [1.54, 1.807) is 0 Å². The minimum atomic E-state index is 0.426. The van der Waals surface area contributed by atoms with E-state index in [0.717, 1.165) is 17.8 Å². The predicted molar refractivity (Wildman–Crippen MR) is 374 cm³/mol. The number of piperazine rings is 2. The number of para-hydroxylation sites is 7. The summed E-state index contributed by atoms with van der Waals surface area (Å²) in [5, 5.41) is 5.45. The second kappa shape index (κ2) is 22.2. The highest BCUT2D eigenvalue weighted by Crippen LogP contribution is 2.65. The number of hydrogen-bond donors (Lipinski definition) is 0. The monoisotopic (exact) mass is 1180 g/mol. The lowest BCUT2D eigenvalue weighted by atomic mass is 9.46. The first kappa shape index (κ1) is 54.3. The van der Waals surface area contributed by atoms with Gasteiger partial charge in [0, 0.05) is 91.2 Å². The first-order valence-corrected chi connectivity index (χ1v) is 36.0. The van der Waals surface area contributed by atoms with Gasteiger partial charge in [0.1, 0.15) is 0 Å². The average molecular weight is 1180 g/mol. The molecule has 456 valence electrons. The molecule has 9 fully saturated rings. The van der Waals surface area contributed by atoms with Gasteiger partial charge in [0.2, 0.25) is 0 Å². The van der Waals surface area contributed by atoms with Crippen molar-refractivity contribution in [1.82, 2.24) is 9.13 Å². The summed E-state index contributed by atoms with van der Waals surface area (Å²) in [6, 6.07) is 87.7. The molecule has 0 radical (unpaired) electrons. The maximum atomic E-state index is 3.13. The third-order valence-electron chi connectivity index (χ3n) is 26.4. The van der Waals surface area contributed by atoms with Crippen LogP contribution in [0.25, 0.3) is 49.3 Å². The van der Waals surface area contributed by atoms with Gasteiger partial charge < -0.3 is 28.7 Å². The minimum Gasteiger partial charge on any atom is -0.361 e. The summed E-state index contributed by atoms with van der Waals surface area (Å²) in [4.78, 5) is 12.5. The van der Waals surface area contributed by atoms with E-state index in [9.17, 15) is 0 Å². The van der Waals surface area contributed by atoms with Crippen molar-refractivity contribution in [3.8, 4) is 5.69 Å². The van der Waals surface area contributed by atoms with Crippen molar-refractivity contribution < 1.29 is 0 Å². The summed E-state index contributed by atoms with van der Waals surface area (Å²) < 4.78 is 5.47. The lowest BCUT2D eigenvalue weighted by Crippen LogP contribution is -2.73. The Morgan fingerprint density at radius 3 is 0.967 bits per heavy atom. The number of hydrogen-bond acceptors (Lipinski definition) is 4. The van der Waals surface area contributed by atoms with E-state index < -0.39 is 0 Å². The molecule has 0 N–H and O–H groups in total. The second-order valence-corrected chi connectivity index (χ2v) is 30.0. The third kappa shape index (κ3) is 8.53. The zero-order valence-electron chi connectivity index (χ0n) is 52.6. The van der Waals surface area contributed by atoms with Crippen LogP contribution < -0.4 is 19.6 Å². The fraction of sp³-hybridized carbons (Fsp3) is 0.429. The fourth-order valence-corrected chi connectivity index (χ4v) is 23.4. The quantitative estimate of drug-likeness (QED) is 0.155. The van der Waals surface area contributed by atoms with Crippen LogP contribution in [-0.4, -0.2) is 57.5 Å². The Hall–Kier alpha value is -7.44. The van der Waals surface area contributed by atoms with E-state index in [2.05, 4.69) is 241 Å². The number of rotatable bonds is 6. The molecule has 10 aromatic rings. The van der Waals surface area contributed by atoms with Gasteiger partial charge in [-0.05, 0) is 216 Å². The van der Waals surface area contributed by atoms with Crippen molar-refractivity contribution in [2.75, 3.05) is 19.6 Å². The van der Waals surface area contributed by atoms with E-state index >= 15 is 0 Å². The molecule has 2 aromatic heterocycles. The molecule has 7 aliphatic carbocycles. The molecule has 0 spiro atoms. The first-order chi connectivity index (χ1) is 44.7. The van der Waals surface area contributed by atoms with E-state index in [0.29, 0.717) is 84.0 Å². The molecule has 6 nitrogen and oxygen atoms in total. The van der Waals surface area contributed by atoms with E-state index in [-0.39, 0.29) is 0 Å². The molecule has 7 saturated carbocycles. The zero-order chi connectivity index (χ0) is 59.0. The van der Waals surface area contributed by atoms with Crippen molar-refractivity contribution >= 4 is 66.4 Å². The summed E-state index contributed by atoms with van der Waals surface area (Å²) in [5.74, 6) is 5.69. The Morgan fingerprint density at radius 1 is 0.222 bits per heavy atom. The molecule has 17 unspecified atom stereocenters. The molecule has 90 heavy (non-hydrogen) atoms. The van der Waals surface area contributed by atoms with Crippen molar-refractivity contribution in [2.24, 2.45) is 47.3 Å². The minimum absolute atomic E-state index is 0.426. The van der Waals surface area contributed by atoms with Gasteiger partial charge in [0.25, 0.3) is 0 Å². The standard InChI is InChI=1S/C84H90N6/c1-5-25-55(26-6-1)85-77-41-21-22-42-78(77)87(57-29-9-3-10-30-57)83-53-70-63-47-45-59(90-75-40-20-17-37-66(75)72-50-60(46-48-76(72)90)89-73-38-18-15-35-64(73)65-36-16-19-39-74(65)89)49-67(63)71-54-84-82(52-69(71)62-34-14-13-33-61(62)68(70)51-81(83)85)86(56-27-7-2-8-28-56)79-43-23-24-44-80(79)88(84)58-31-11-4-12-32-58/h1-12,15-20,25-32,35-40,46,48,50,59,61-63,67-71,77-84H,13-14,21-24,33-34,41-45,47,49,51-54H2. The Balaban J connectivity index is 0.785. The molecule has 17 atom stereocenters. The summed E-state index contributed by atoms with van der Waals surface area (Å²) in [7, 11) is 0. The summed E-state index contributed by atoms with van der Waals surface area (Å²) in [6.07, 6.45) is 25.4.